The zero-order valence-electron chi connectivity index (χ0n) is 24.7. The lowest BCUT2D eigenvalue weighted by molar-refractivity contribution is -0.192. The minimum Gasteiger partial charge on any atom is -0.496 e. The van der Waals surface area contributed by atoms with E-state index in [1.54, 1.807) is 26.2 Å². The molecule has 0 bridgehead atoms. The minimum absolute atomic E-state index is 0.188. The van der Waals surface area contributed by atoms with Crippen LogP contribution in [0.25, 0.3) is 11.1 Å². The van der Waals surface area contributed by atoms with Crippen molar-refractivity contribution in [3.05, 3.63) is 87.9 Å². The number of nitrogens with one attached hydrogen (secondary N) is 1. The molecule has 244 valence electrons. The van der Waals surface area contributed by atoms with Crippen LogP contribution in [0.15, 0.2) is 66.7 Å². The van der Waals surface area contributed by atoms with Gasteiger partial charge in [0.25, 0.3) is 0 Å². The number of rotatable bonds is 7. The highest BCUT2D eigenvalue weighted by molar-refractivity contribution is 6.42. The standard InChI is InChI=1S/C30H28Cl2N2O5.C2HF3O2/c1-4-34-27(35)24-25(28(34)36)30(29(37)39-3,16-17-8-6-5-7-9-17)33-26(24)19-10-12-20(23(15-19)38-2)18-11-13-21(31)22(32)14-18;3-2(4,5)1(6)7/h5-15,24-26,33H,4,16H2,1-3H3;(H,6,7)/t24-,25-,26-,30-;/m1./s1. The van der Waals surface area contributed by atoms with Gasteiger partial charge in [0.1, 0.15) is 11.3 Å². The van der Waals surface area contributed by atoms with E-state index in [9.17, 15) is 27.6 Å². The molecule has 3 aromatic carbocycles. The topological polar surface area (TPSA) is 122 Å². The summed E-state index contributed by atoms with van der Waals surface area (Å²) >= 11 is 12.4. The number of fused-ring (bicyclic) bond motifs is 1. The molecule has 0 spiro atoms. The first-order chi connectivity index (χ1) is 21.7. The molecular weight excluding hydrogens is 652 g/mol. The van der Waals surface area contributed by atoms with E-state index in [2.05, 4.69) is 5.32 Å². The molecule has 2 aliphatic rings. The molecule has 2 aliphatic heterocycles. The Morgan fingerprint density at radius 3 is 2.17 bits per heavy atom. The first-order valence-electron chi connectivity index (χ1n) is 13.9. The lowest BCUT2D eigenvalue weighted by Crippen LogP contribution is -2.57. The summed E-state index contributed by atoms with van der Waals surface area (Å²) in [5, 5.41) is 11.4. The molecule has 14 heteroatoms. The van der Waals surface area contributed by atoms with Gasteiger partial charge in [0.05, 0.1) is 36.1 Å². The van der Waals surface area contributed by atoms with Gasteiger partial charge in [-0.2, -0.15) is 13.2 Å². The van der Waals surface area contributed by atoms with Crippen molar-refractivity contribution >= 4 is 47.0 Å². The number of carboxylic acid groups (broad SMARTS) is 1. The number of likely N-dealkylation sites (tertiary alicyclic amines) is 1. The Hall–Kier alpha value is -4.13. The van der Waals surface area contributed by atoms with Crippen molar-refractivity contribution in [2.75, 3.05) is 20.8 Å². The van der Waals surface area contributed by atoms with E-state index in [0.717, 1.165) is 16.7 Å². The summed E-state index contributed by atoms with van der Waals surface area (Å²) in [6.45, 7) is 1.98. The highest BCUT2D eigenvalue weighted by Gasteiger charge is 2.68. The van der Waals surface area contributed by atoms with Crippen LogP contribution in [0.5, 0.6) is 5.75 Å². The van der Waals surface area contributed by atoms with Gasteiger partial charge in [-0.25, -0.2) is 4.79 Å². The molecule has 4 atom stereocenters. The molecule has 9 nitrogen and oxygen atoms in total. The summed E-state index contributed by atoms with van der Waals surface area (Å²) in [5.41, 5.74) is 1.71. The van der Waals surface area contributed by atoms with E-state index in [-0.39, 0.29) is 24.8 Å². The van der Waals surface area contributed by atoms with Gasteiger partial charge in [-0.05, 0) is 41.8 Å². The molecule has 0 aromatic heterocycles. The van der Waals surface area contributed by atoms with Crippen LogP contribution < -0.4 is 10.1 Å². The number of aliphatic carboxylic acids is 1. The number of esters is 1. The number of halogens is 5. The third kappa shape index (κ3) is 6.55. The maximum atomic E-state index is 13.7. The van der Waals surface area contributed by atoms with Crippen molar-refractivity contribution < 1.29 is 46.9 Å². The van der Waals surface area contributed by atoms with Crippen LogP contribution in [0.2, 0.25) is 10.0 Å². The normalized spacial score (nSPS) is 22.2. The average Bonchev–Trinajstić information content (AvgIpc) is 3.50. The van der Waals surface area contributed by atoms with Gasteiger partial charge in [-0.15, -0.1) is 0 Å². The molecule has 2 amide bonds. The monoisotopic (exact) mass is 680 g/mol. The molecule has 2 saturated heterocycles. The Morgan fingerprint density at radius 1 is 0.978 bits per heavy atom. The van der Waals surface area contributed by atoms with Crippen molar-refractivity contribution in [1.29, 1.82) is 0 Å². The van der Waals surface area contributed by atoms with Gasteiger partial charge in [0.15, 0.2) is 0 Å². The second-order valence-electron chi connectivity index (χ2n) is 10.6. The van der Waals surface area contributed by atoms with Gasteiger partial charge in [-0.3, -0.25) is 24.6 Å². The summed E-state index contributed by atoms with van der Waals surface area (Å²) in [6.07, 6.45) is -4.90. The smallest absolute Gasteiger partial charge is 0.490 e. The number of benzene rings is 3. The molecular formula is C32H29Cl2F3N2O7. The SMILES string of the molecule is CCN1C(=O)[C@H]2[C@@H](c3ccc(-c4ccc(Cl)c(Cl)c4)c(OC)c3)N[C@@](Cc3ccccc3)(C(=O)OC)[C@H]2C1=O.O=C(O)C(F)(F)F. The third-order valence-electron chi connectivity index (χ3n) is 7.99. The number of amides is 2. The van der Waals surface area contributed by atoms with Crippen LogP contribution >= 0.6 is 23.2 Å². The number of carboxylic acids is 1. The summed E-state index contributed by atoms with van der Waals surface area (Å²) in [4.78, 5) is 50.9. The van der Waals surface area contributed by atoms with Gasteiger partial charge in [-0.1, -0.05) is 71.7 Å². The maximum Gasteiger partial charge on any atom is 0.490 e. The predicted molar refractivity (Wildman–Crippen MR) is 162 cm³/mol. The Labute approximate surface area is 272 Å². The summed E-state index contributed by atoms with van der Waals surface area (Å²) in [6, 6.07) is 19.7. The van der Waals surface area contributed by atoms with E-state index >= 15 is 0 Å². The van der Waals surface area contributed by atoms with Crippen molar-refractivity contribution in [1.82, 2.24) is 10.2 Å². The van der Waals surface area contributed by atoms with Crippen LogP contribution in [0.4, 0.5) is 13.2 Å². The Bertz CT molecular complexity index is 1650. The first kappa shape index (κ1) is 34.7. The highest BCUT2D eigenvalue weighted by atomic mass is 35.5. The highest BCUT2D eigenvalue weighted by Crippen LogP contribution is 2.51. The van der Waals surface area contributed by atoms with E-state index in [4.69, 9.17) is 42.6 Å². The second kappa shape index (κ2) is 13.7. The predicted octanol–water partition coefficient (Wildman–Crippen LogP) is 5.72. The van der Waals surface area contributed by atoms with Crippen LogP contribution in [-0.2, 0) is 30.3 Å². The van der Waals surface area contributed by atoms with E-state index in [1.807, 2.05) is 54.6 Å². The number of carbonyl (C=O) groups excluding carboxylic acids is 3. The average molecular weight is 681 g/mol. The van der Waals surface area contributed by atoms with Gasteiger partial charge in [0, 0.05) is 24.6 Å². The second-order valence-corrected chi connectivity index (χ2v) is 11.4. The van der Waals surface area contributed by atoms with E-state index in [0.29, 0.717) is 21.4 Å². The zero-order valence-corrected chi connectivity index (χ0v) is 26.2. The lowest BCUT2D eigenvalue weighted by Gasteiger charge is -2.32. The molecule has 0 unspecified atom stereocenters. The largest absolute Gasteiger partial charge is 0.496 e. The first-order valence-corrected chi connectivity index (χ1v) is 14.6. The van der Waals surface area contributed by atoms with E-state index < -0.39 is 41.5 Å². The molecule has 0 radical (unpaired) electrons. The summed E-state index contributed by atoms with van der Waals surface area (Å²) in [5.74, 6) is -5.19. The third-order valence-corrected chi connectivity index (χ3v) is 8.73. The molecule has 5 rings (SSSR count). The summed E-state index contributed by atoms with van der Waals surface area (Å²) < 4.78 is 42.7. The number of imide groups is 1. The molecule has 2 heterocycles. The van der Waals surface area contributed by atoms with Crippen LogP contribution in [0.1, 0.15) is 24.1 Å². The van der Waals surface area contributed by atoms with E-state index in [1.165, 1.54) is 12.0 Å². The maximum absolute atomic E-state index is 13.7. The van der Waals surface area contributed by atoms with Crippen LogP contribution in [0.3, 0.4) is 0 Å². The Balaban J connectivity index is 0.000000617. The van der Waals surface area contributed by atoms with Crippen molar-refractivity contribution in [3.8, 4) is 16.9 Å². The molecule has 46 heavy (non-hydrogen) atoms. The molecule has 3 aromatic rings. The molecule has 2 fully saturated rings. The fourth-order valence-electron chi connectivity index (χ4n) is 5.99. The van der Waals surface area contributed by atoms with Crippen LogP contribution in [-0.4, -0.2) is 66.2 Å². The lowest BCUT2D eigenvalue weighted by atomic mass is 9.76. The van der Waals surface area contributed by atoms with Crippen molar-refractivity contribution in [2.24, 2.45) is 11.8 Å². The molecule has 2 N–H and O–H groups in total. The Morgan fingerprint density at radius 2 is 1.63 bits per heavy atom. The van der Waals surface area contributed by atoms with Gasteiger partial charge in [0.2, 0.25) is 11.8 Å². The molecule has 0 saturated carbocycles. The number of hydrogen-bond donors (Lipinski definition) is 2. The number of nitrogens with zero attached hydrogens (tertiary/aromatic N) is 1. The number of ether oxygens (including phenoxy) is 2. The van der Waals surface area contributed by atoms with Crippen molar-refractivity contribution in [3.63, 3.8) is 0 Å². The number of carbonyl (C=O) groups is 4. The minimum atomic E-state index is -5.08. The van der Waals surface area contributed by atoms with Gasteiger partial charge < -0.3 is 14.6 Å². The zero-order chi connectivity index (χ0) is 34.0. The number of hydrogen-bond acceptors (Lipinski definition) is 7. The quantitative estimate of drug-likeness (QED) is 0.240. The van der Waals surface area contributed by atoms with Crippen molar-refractivity contribution in [2.45, 2.75) is 31.1 Å². The number of alkyl halides is 3. The fourth-order valence-corrected chi connectivity index (χ4v) is 6.28. The summed E-state index contributed by atoms with van der Waals surface area (Å²) in [7, 11) is 2.86. The number of methoxy groups -OCH3 is 2. The Kier molecular flexibility index (Phi) is 10.3. The van der Waals surface area contributed by atoms with Crippen LogP contribution in [0, 0.1) is 11.8 Å². The fraction of sp³-hybridized carbons (Fsp3) is 0.312. The van der Waals surface area contributed by atoms with Gasteiger partial charge >= 0.3 is 18.1 Å². The molecule has 0 aliphatic carbocycles.